The highest BCUT2D eigenvalue weighted by atomic mass is 16.8. The maximum atomic E-state index is 13.5. The number of carbonyl (C=O) groups is 1. The molecule has 104 heavy (non-hydrogen) atoms. The van der Waals surface area contributed by atoms with Crippen molar-refractivity contribution in [1.29, 1.82) is 0 Å². The Balaban J connectivity index is 1.41. The predicted molar refractivity (Wildman–Crippen MR) is 415 cm³/mol. The molecule has 1 amide bonds. The molecule has 3 aliphatic rings. The summed E-state index contributed by atoms with van der Waals surface area (Å²) in [4.78, 5) is 13.5. The van der Waals surface area contributed by atoms with Crippen molar-refractivity contribution in [3.8, 4) is 0 Å². The minimum atomic E-state index is -1.99. The van der Waals surface area contributed by atoms with Gasteiger partial charge in [0.1, 0.15) is 73.2 Å². The van der Waals surface area contributed by atoms with E-state index in [0.717, 1.165) is 103 Å². The van der Waals surface area contributed by atoms with Gasteiger partial charge in [-0.1, -0.05) is 295 Å². The van der Waals surface area contributed by atoms with Crippen LogP contribution >= 0.6 is 0 Å². The van der Waals surface area contributed by atoms with E-state index in [9.17, 15) is 61.0 Å². The number of carbonyl (C=O) groups excluding carboxylic acids is 1. The maximum Gasteiger partial charge on any atom is 0.220 e. The minimum absolute atomic E-state index is 0.179. The molecule has 19 heteroatoms. The van der Waals surface area contributed by atoms with E-state index in [1.807, 2.05) is 6.08 Å². The Hall–Kier alpha value is -4.07. The van der Waals surface area contributed by atoms with E-state index in [1.54, 1.807) is 6.08 Å². The van der Waals surface area contributed by atoms with E-state index in [1.165, 1.54) is 135 Å². The van der Waals surface area contributed by atoms with Gasteiger partial charge in [-0.25, -0.2) is 0 Å². The fourth-order valence-corrected chi connectivity index (χ4v) is 12.7. The Morgan fingerprint density at radius 2 is 0.663 bits per heavy atom. The lowest BCUT2D eigenvalue weighted by molar-refractivity contribution is -0.379. The lowest BCUT2D eigenvalue weighted by atomic mass is 9.96. The van der Waals surface area contributed by atoms with Crippen molar-refractivity contribution in [2.75, 3.05) is 26.4 Å². The van der Waals surface area contributed by atoms with Gasteiger partial charge in [-0.15, -0.1) is 0 Å². The first-order valence-corrected chi connectivity index (χ1v) is 40.4. The summed E-state index contributed by atoms with van der Waals surface area (Å²) in [5, 5.41) is 121. The van der Waals surface area contributed by atoms with Crippen molar-refractivity contribution in [3.05, 3.63) is 134 Å². The zero-order chi connectivity index (χ0) is 75.3. The number of unbranched alkanes of at least 4 members (excludes halogenated alkanes) is 26. The second-order valence-corrected chi connectivity index (χ2v) is 28.1. The lowest BCUT2D eigenvalue weighted by Crippen LogP contribution is -2.66. The molecule has 12 N–H and O–H groups in total. The molecular formula is C85H143NO18. The van der Waals surface area contributed by atoms with E-state index in [0.29, 0.717) is 6.42 Å². The molecule has 0 spiro atoms. The molecule has 17 atom stereocenters. The first-order valence-electron chi connectivity index (χ1n) is 40.4. The number of aliphatic hydroxyl groups is 11. The molecule has 0 aromatic heterocycles. The summed E-state index contributed by atoms with van der Waals surface area (Å²) < 4.78 is 34.4. The Morgan fingerprint density at radius 3 is 1.04 bits per heavy atom. The maximum absolute atomic E-state index is 13.5. The van der Waals surface area contributed by atoms with Crippen molar-refractivity contribution < 1.29 is 89.4 Å². The molecule has 3 saturated heterocycles. The van der Waals surface area contributed by atoms with Crippen LogP contribution in [0, 0.1) is 0 Å². The minimum Gasteiger partial charge on any atom is -0.394 e. The quantitative estimate of drug-likeness (QED) is 0.0199. The van der Waals surface area contributed by atoms with Gasteiger partial charge in [-0.2, -0.15) is 0 Å². The number of hydrogen-bond acceptors (Lipinski definition) is 18. The van der Waals surface area contributed by atoms with Gasteiger partial charge in [-0.05, 0) is 96.3 Å². The molecule has 17 unspecified atom stereocenters. The van der Waals surface area contributed by atoms with Crippen LogP contribution < -0.4 is 5.32 Å². The highest BCUT2D eigenvalue weighted by Crippen LogP contribution is 2.33. The molecule has 0 bridgehead atoms. The van der Waals surface area contributed by atoms with Crippen LogP contribution in [0.2, 0.25) is 0 Å². The summed E-state index contributed by atoms with van der Waals surface area (Å²) in [6.45, 7) is 1.60. The van der Waals surface area contributed by atoms with Gasteiger partial charge >= 0.3 is 0 Å². The van der Waals surface area contributed by atoms with Gasteiger partial charge in [0, 0.05) is 6.42 Å². The average Bonchev–Trinajstić information content (AvgIpc) is 0.783. The lowest BCUT2D eigenvalue weighted by Gasteiger charge is -2.48. The standard InChI is InChI=1S/C85H143NO18/c1-3-5-7-9-11-13-15-17-19-21-23-25-27-29-31-32-33-34-35-36-37-39-41-43-45-47-49-51-53-55-57-59-61-63-73(91)86-68(69(90)62-60-58-56-54-52-50-48-46-44-42-40-38-30-28-26-24-22-20-18-16-14-12-10-8-6-4-2)67-99-83-79(97)76(94)81(71(65-88)101-83)104-85-80(98)77(95)82(72(66-89)102-85)103-84-78(96)75(93)74(92)70(64-87)100-84/h5,7,11,13,17,19,23,25,29,31,33-34,36-37,41,43,47,49,53,55,60,62,68-72,74-85,87-90,92-98H,3-4,6,8-10,12,14-16,18,20-22,24,26-28,30,32,35,38-40,42,44-46,48,50-52,54,56-59,61,63-67H2,1-2H3,(H,86,91)/b7-5-,13-11-,19-17-,25-23-,31-29-,34-33-,37-36-,43-41-,49-47-,55-53-,62-60+. The van der Waals surface area contributed by atoms with Crippen LogP contribution in [0.5, 0.6) is 0 Å². The normalized spacial score (nSPS) is 26.6. The molecule has 3 fully saturated rings. The molecular weight excluding hydrogens is 1320 g/mol. The first kappa shape index (κ1) is 94.1. The van der Waals surface area contributed by atoms with Crippen LogP contribution in [0.4, 0.5) is 0 Å². The van der Waals surface area contributed by atoms with Crippen LogP contribution in [0.3, 0.4) is 0 Å². The molecule has 3 rings (SSSR count). The van der Waals surface area contributed by atoms with Gasteiger partial charge in [0.2, 0.25) is 5.91 Å². The van der Waals surface area contributed by atoms with Crippen LogP contribution in [0.1, 0.15) is 264 Å². The first-order chi connectivity index (χ1) is 50.8. The van der Waals surface area contributed by atoms with Gasteiger partial charge in [0.05, 0.1) is 38.6 Å². The molecule has 596 valence electrons. The number of hydrogen-bond donors (Lipinski definition) is 12. The molecule has 19 nitrogen and oxygen atoms in total. The van der Waals surface area contributed by atoms with Crippen molar-refractivity contribution in [2.45, 2.75) is 369 Å². The molecule has 0 radical (unpaired) electrons. The third-order valence-electron chi connectivity index (χ3n) is 19.2. The largest absolute Gasteiger partial charge is 0.394 e. The van der Waals surface area contributed by atoms with E-state index in [4.69, 9.17) is 28.4 Å². The highest BCUT2D eigenvalue weighted by molar-refractivity contribution is 5.76. The van der Waals surface area contributed by atoms with Gasteiger partial charge in [-0.3, -0.25) is 4.79 Å². The Morgan fingerprint density at radius 1 is 0.356 bits per heavy atom. The van der Waals surface area contributed by atoms with E-state index in [2.05, 4.69) is 141 Å². The predicted octanol–water partition coefficient (Wildman–Crippen LogP) is 13.7. The third kappa shape index (κ3) is 43.2. The number of rotatable bonds is 62. The van der Waals surface area contributed by atoms with E-state index in [-0.39, 0.29) is 18.9 Å². The number of ether oxygens (including phenoxy) is 6. The van der Waals surface area contributed by atoms with Gasteiger partial charge in [0.15, 0.2) is 18.9 Å². The summed E-state index contributed by atoms with van der Waals surface area (Å²) in [5.41, 5.74) is 0. The monoisotopic (exact) mass is 1470 g/mol. The second-order valence-electron chi connectivity index (χ2n) is 28.1. The van der Waals surface area contributed by atoms with Crippen molar-refractivity contribution in [3.63, 3.8) is 0 Å². The summed E-state index contributed by atoms with van der Waals surface area (Å²) >= 11 is 0. The van der Waals surface area contributed by atoms with E-state index < -0.39 is 124 Å². The topological polar surface area (TPSA) is 307 Å². The number of allylic oxidation sites excluding steroid dienone is 21. The zero-order valence-corrected chi connectivity index (χ0v) is 63.7. The number of aliphatic hydroxyl groups excluding tert-OH is 11. The van der Waals surface area contributed by atoms with Crippen LogP contribution in [-0.2, 0) is 33.2 Å². The highest BCUT2D eigenvalue weighted by Gasteiger charge is 2.54. The number of nitrogens with one attached hydrogen (secondary N) is 1. The molecule has 0 aliphatic carbocycles. The van der Waals surface area contributed by atoms with Crippen molar-refractivity contribution >= 4 is 5.91 Å². The third-order valence-corrected chi connectivity index (χ3v) is 19.2. The fourth-order valence-electron chi connectivity index (χ4n) is 12.7. The Kier molecular flexibility index (Phi) is 57.8. The molecule has 0 aromatic rings. The van der Waals surface area contributed by atoms with Crippen LogP contribution in [0.15, 0.2) is 134 Å². The van der Waals surface area contributed by atoms with Crippen LogP contribution in [0.25, 0.3) is 0 Å². The zero-order valence-electron chi connectivity index (χ0n) is 63.7. The summed E-state index contributed by atoms with van der Waals surface area (Å²) in [7, 11) is 0. The summed E-state index contributed by atoms with van der Waals surface area (Å²) in [6, 6.07) is -1.01. The molecule has 3 heterocycles. The SMILES string of the molecule is CC/C=C\C/C=C\C/C=C\C/C=C\C/C=C\C/C=C\C/C=C\C/C=C\C/C=C\C/C=C\CCCCC(=O)NC(COC1OC(CO)C(OC2OC(CO)C(OC3OC(CO)C(O)C(O)C3O)C(O)C2O)C(O)C1O)C(O)/C=C/CCCCCCCCCCCCCCCCCCCCCCCCCC. The average molecular weight is 1470 g/mol. The summed E-state index contributed by atoms with van der Waals surface area (Å²) in [6.07, 6.45) is 64.3. The number of amides is 1. The van der Waals surface area contributed by atoms with Gasteiger partial charge in [0.25, 0.3) is 0 Å². The molecule has 0 aromatic carbocycles. The van der Waals surface area contributed by atoms with E-state index >= 15 is 0 Å². The Bertz CT molecular complexity index is 2400. The van der Waals surface area contributed by atoms with Crippen molar-refractivity contribution in [2.24, 2.45) is 0 Å². The van der Waals surface area contributed by atoms with Gasteiger partial charge < -0.3 is 89.9 Å². The fraction of sp³-hybridized carbons (Fsp3) is 0.729. The molecule has 3 aliphatic heterocycles. The molecule has 0 saturated carbocycles. The second kappa shape index (κ2) is 63.8. The summed E-state index contributed by atoms with van der Waals surface area (Å²) in [5.74, 6) is -0.321. The van der Waals surface area contributed by atoms with Crippen molar-refractivity contribution in [1.82, 2.24) is 5.32 Å². The Labute approximate surface area is 626 Å². The van der Waals surface area contributed by atoms with Crippen LogP contribution in [-0.4, -0.2) is 193 Å². The smallest absolute Gasteiger partial charge is 0.220 e.